The molecule has 0 heterocycles. The zero-order valence-corrected chi connectivity index (χ0v) is 15.1. The molecule has 0 saturated heterocycles. The molecule has 0 fully saturated rings. The lowest BCUT2D eigenvalue weighted by atomic mass is 9.96. The predicted octanol–water partition coefficient (Wildman–Crippen LogP) is 6.04. The van der Waals surface area contributed by atoms with Gasteiger partial charge in [0.1, 0.15) is 5.75 Å². The first-order valence-electron chi connectivity index (χ1n) is 8.99. The largest absolute Gasteiger partial charge is 0.513 e. The lowest BCUT2D eigenvalue weighted by Crippen LogP contribution is -2.12. The molecule has 0 radical (unpaired) electrons. The molecular weight excluding hydrogens is 312 g/mol. The second-order valence-corrected chi connectivity index (χ2v) is 6.18. The molecule has 0 aliphatic carbocycles. The van der Waals surface area contributed by atoms with E-state index in [1.165, 1.54) is 11.1 Å². The first-order chi connectivity index (χ1) is 12.2. The summed E-state index contributed by atoms with van der Waals surface area (Å²) in [5.74, 6) is 0.612. The zero-order chi connectivity index (χ0) is 17.8. The Hall–Kier alpha value is -2.55. The van der Waals surface area contributed by atoms with Gasteiger partial charge in [-0.15, -0.1) is 0 Å². The van der Waals surface area contributed by atoms with Crippen LogP contribution in [-0.2, 0) is 17.6 Å². The predicted molar refractivity (Wildman–Crippen MR) is 102 cm³/mol. The van der Waals surface area contributed by atoms with E-state index in [1.807, 2.05) is 13.0 Å². The second kappa shape index (κ2) is 7.56. The quantitative estimate of drug-likeness (QED) is 0.323. The number of ether oxygens (including phenoxy) is 2. The average Bonchev–Trinajstić information content (AvgIpc) is 2.65. The Kier molecular flexibility index (Phi) is 5.22. The van der Waals surface area contributed by atoms with Gasteiger partial charge in [-0.1, -0.05) is 51.1 Å². The molecule has 25 heavy (non-hydrogen) atoms. The Bertz CT molecular complexity index is 912. The molecule has 3 nitrogen and oxygen atoms in total. The van der Waals surface area contributed by atoms with Crippen molar-refractivity contribution in [1.82, 2.24) is 0 Å². The fourth-order valence-electron chi connectivity index (χ4n) is 3.16. The summed E-state index contributed by atoms with van der Waals surface area (Å²) in [6, 6.07) is 14.7. The molecule has 0 atom stereocenters. The monoisotopic (exact) mass is 336 g/mol. The van der Waals surface area contributed by atoms with E-state index in [1.54, 1.807) is 0 Å². The van der Waals surface area contributed by atoms with Gasteiger partial charge in [-0.05, 0) is 53.3 Å². The summed E-state index contributed by atoms with van der Waals surface area (Å²) < 4.78 is 10.9. The van der Waals surface area contributed by atoms with Gasteiger partial charge in [0.05, 0.1) is 6.61 Å². The van der Waals surface area contributed by atoms with Gasteiger partial charge in [0, 0.05) is 10.8 Å². The maximum absolute atomic E-state index is 12.2. The smallest absolute Gasteiger partial charge is 0.434 e. The molecule has 0 aliphatic heterocycles. The summed E-state index contributed by atoms with van der Waals surface area (Å²) in [7, 11) is 0. The molecular formula is C22H24O3. The van der Waals surface area contributed by atoms with E-state index < -0.39 is 6.16 Å². The van der Waals surface area contributed by atoms with Crippen molar-refractivity contribution < 1.29 is 14.3 Å². The van der Waals surface area contributed by atoms with Crippen molar-refractivity contribution in [3.63, 3.8) is 0 Å². The summed E-state index contributed by atoms with van der Waals surface area (Å²) in [5, 5.41) is 4.10. The number of aryl methyl sites for hydroxylation is 2. The van der Waals surface area contributed by atoms with Crippen LogP contribution in [0.4, 0.5) is 4.79 Å². The van der Waals surface area contributed by atoms with Gasteiger partial charge in [0.15, 0.2) is 0 Å². The lowest BCUT2D eigenvalue weighted by molar-refractivity contribution is 0.100. The van der Waals surface area contributed by atoms with Crippen LogP contribution in [0.25, 0.3) is 21.5 Å². The number of carbonyl (C=O) groups is 1. The van der Waals surface area contributed by atoms with Crippen LogP contribution in [-0.4, -0.2) is 12.8 Å². The maximum atomic E-state index is 12.2. The fraction of sp³-hybridized carbons (Fsp3) is 0.318. The minimum absolute atomic E-state index is 0.363. The molecule has 3 aromatic rings. The van der Waals surface area contributed by atoms with Crippen LogP contribution in [0.5, 0.6) is 5.75 Å². The van der Waals surface area contributed by atoms with Gasteiger partial charge in [0.25, 0.3) is 0 Å². The number of hydrogen-bond donors (Lipinski definition) is 0. The standard InChI is InChI=1S/C22H24O3/c1-4-12-24-22(23)25-21-19-13-15(5-2)10-11-17(19)14-18-9-7-8-16(6-3)20(18)21/h7-11,13-14H,4-6,12H2,1-3H3. The van der Waals surface area contributed by atoms with E-state index in [2.05, 4.69) is 50.2 Å². The summed E-state index contributed by atoms with van der Waals surface area (Å²) >= 11 is 0. The Morgan fingerprint density at radius 3 is 2.52 bits per heavy atom. The highest BCUT2D eigenvalue weighted by molar-refractivity contribution is 6.07. The van der Waals surface area contributed by atoms with E-state index >= 15 is 0 Å². The Morgan fingerprint density at radius 1 is 0.960 bits per heavy atom. The van der Waals surface area contributed by atoms with Gasteiger partial charge < -0.3 is 9.47 Å². The van der Waals surface area contributed by atoms with Crippen LogP contribution in [0, 0.1) is 0 Å². The number of hydrogen-bond acceptors (Lipinski definition) is 3. The van der Waals surface area contributed by atoms with Gasteiger partial charge >= 0.3 is 6.16 Å². The van der Waals surface area contributed by atoms with Gasteiger partial charge in [0.2, 0.25) is 0 Å². The minimum atomic E-state index is -0.636. The minimum Gasteiger partial charge on any atom is -0.434 e. The van der Waals surface area contributed by atoms with Gasteiger partial charge in [-0.2, -0.15) is 0 Å². The number of carbonyl (C=O) groups excluding carboxylic acids is 1. The highest BCUT2D eigenvalue weighted by Gasteiger charge is 2.16. The number of fused-ring (bicyclic) bond motifs is 2. The molecule has 3 aromatic carbocycles. The summed E-state index contributed by atoms with van der Waals surface area (Å²) in [6.07, 6.45) is 1.94. The van der Waals surface area contributed by atoms with E-state index in [4.69, 9.17) is 9.47 Å². The van der Waals surface area contributed by atoms with Crippen molar-refractivity contribution in [2.45, 2.75) is 40.0 Å². The molecule has 3 heteroatoms. The molecule has 3 rings (SSSR count). The van der Waals surface area contributed by atoms with Crippen LogP contribution < -0.4 is 4.74 Å². The van der Waals surface area contributed by atoms with Crippen LogP contribution >= 0.6 is 0 Å². The first-order valence-corrected chi connectivity index (χ1v) is 8.99. The summed E-state index contributed by atoms with van der Waals surface area (Å²) in [4.78, 5) is 12.2. The highest BCUT2D eigenvalue weighted by Crippen LogP contribution is 2.38. The normalized spacial score (nSPS) is 11.0. The van der Waals surface area contributed by atoms with Crippen molar-refractivity contribution in [2.75, 3.05) is 6.61 Å². The van der Waals surface area contributed by atoms with E-state index in [-0.39, 0.29) is 0 Å². The average molecular weight is 336 g/mol. The second-order valence-electron chi connectivity index (χ2n) is 6.18. The van der Waals surface area contributed by atoms with Crippen LogP contribution in [0.2, 0.25) is 0 Å². The molecule has 0 aliphatic rings. The molecule has 0 spiro atoms. The van der Waals surface area contributed by atoms with Crippen LogP contribution in [0.3, 0.4) is 0 Å². The topological polar surface area (TPSA) is 35.5 Å². The molecule has 0 unspecified atom stereocenters. The third-order valence-electron chi connectivity index (χ3n) is 4.48. The zero-order valence-electron chi connectivity index (χ0n) is 15.1. The fourth-order valence-corrected chi connectivity index (χ4v) is 3.16. The molecule has 0 N–H and O–H groups in total. The molecule has 0 saturated carbocycles. The van der Waals surface area contributed by atoms with Crippen molar-refractivity contribution in [1.29, 1.82) is 0 Å². The summed E-state index contributed by atoms with van der Waals surface area (Å²) in [6.45, 7) is 6.56. The van der Waals surface area contributed by atoms with Gasteiger partial charge in [-0.3, -0.25) is 0 Å². The molecule has 0 bridgehead atoms. The number of benzene rings is 3. The third-order valence-corrected chi connectivity index (χ3v) is 4.48. The molecule has 130 valence electrons. The van der Waals surface area contributed by atoms with Crippen LogP contribution in [0.15, 0.2) is 42.5 Å². The van der Waals surface area contributed by atoms with E-state index in [0.717, 1.165) is 40.8 Å². The Balaban J connectivity index is 2.26. The summed E-state index contributed by atoms with van der Waals surface area (Å²) in [5.41, 5.74) is 2.38. The lowest BCUT2D eigenvalue weighted by Gasteiger charge is -2.15. The number of rotatable bonds is 5. The SMILES string of the molecule is CCCOC(=O)Oc1c2cc(CC)ccc2cc2cccc(CC)c12. The van der Waals surface area contributed by atoms with E-state index in [9.17, 15) is 4.79 Å². The Labute approximate surface area is 148 Å². The maximum Gasteiger partial charge on any atom is 0.513 e. The van der Waals surface area contributed by atoms with E-state index in [0.29, 0.717) is 12.4 Å². The Morgan fingerprint density at radius 2 is 1.80 bits per heavy atom. The van der Waals surface area contributed by atoms with Crippen molar-refractivity contribution in [2.24, 2.45) is 0 Å². The molecule has 0 amide bonds. The first kappa shape index (κ1) is 17.3. The third kappa shape index (κ3) is 3.46. The molecule has 0 aromatic heterocycles. The highest BCUT2D eigenvalue weighted by atomic mass is 16.7. The van der Waals surface area contributed by atoms with Crippen LogP contribution in [0.1, 0.15) is 38.3 Å². The van der Waals surface area contributed by atoms with Crippen molar-refractivity contribution in [3.05, 3.63) is 53.6 Å². The van der Waals surface area contributed by atoms with Crippen molar-refractivity contribution in [3.8, 4) is 5.75 Å². The van der Waals surface area contributed by atoms with Gasteiger partial charge in [-0.25, -0.2) is 4.79 Å². The van der Waals surface area contributed by atoms with Crippen molar-refractivity contribution >= 4 is 27.7 Å².